The minimum absolute atomic E-state index is 0.0685. The van der Waals surface area contributed by atoms with E-state index in [0.717, 1.165) is 11.3 Å². The summed E-state index contributed by atoms with van der Waals surface area (Å²) in [6, 6.07) is -0.571. The van der Waals surface area contributed by atoms with Gasteiger partial charge in [0.1, 0.15) is 0 Å². The quantitative estimate of drug-likeness (QED) is 0.631. The van der Waals surface area contributed by atoms with Crippen molar-refractivity contribution in [1.29, 1.82) is 0 Å². The number of hydrogen-bond acceptors (Lipinski definition) is 2. The monoisotopic (exact) mass is 239 g/mol. The first-order valence-corrected chi connectivity index (χ1v) is 5.51. The Morgan fingerprint density at radius 3 is 2.24 bits per heavy atom. The number of carbonyl (C=O) groups is 2. The Morgan fingerprint density at radius 2 is 1.82 bits per heavy atom. The highest BCUT2D eigenvalue weighted by molar-refractivity contribution is 5.74. The molecule has 0 bridgehead atoms. The normalized spacial score (nSPS) is 12.5. The Hall–Kier alpha value is -1.78. The van der Waals surface area contributed by atoms with Gasteiger partial charge in [0.05, 0.1) is 0 Å². The van der Waals surface area contributed by atoms with Crippen molar-refractivity contribution in [1.82, 2.24) is 10.6 Å². The summed E-state index contributed by atoms with van der Waals surface area (Å²) < 4.78 is 0. The molecule has 5 heteroatoms. The van der Waals surface area contributed by atoms with Gasteiger partial charge >= 0.3 is 6.03 Å². The lowest BCUT2D eigenvalue weighted by Crippen LogP contribution is -2.30. The van der Waals surface area contributed by atoms with Gasteiger partial charge < -0.3 is 16.4 Å². The van der Waals surface area contributed by atoms with Crippen LogP contribution in [0.2, 0.25) is 0 Å². The van der Waals surface area contributed by atoms with Crippen molar-refractivity contribution in [2.75, 3.05) is 6.54 Å². The van der Waals surface area contributed by atoms with Crippen LogP contribution in [-0.4, -0.2) is 18.5 Å². The highest BCUT2D eigenvalue weighted by atomic mass is 16.2. The van der Waals surface area contributed by atoms with Gasteiger partial charge in [-0.1, -0.05) is 25.5 Å². The zero-order valence-corrected chi connectivity index (χ0v) is 10.8. The summed E-state index contributed by atoms with van der Waals surface area (Å²) in [5, 5.41) is 5.26. The van der Waals surface area contributed by atoms with Crippen LogP contribution in [0.4, 0.5) is 4.79 Å². The molecule has 0 fully saturated rings. The molecule has 0 rings (SSSR count). The van der Waals surface area contributed by atoms with Crippen LogP contribution in [0.25, 0.3) is 0 Å². The fraction of sp³-hybridized carbons (Fsp3) is 0.500. The highest BCUT2D eigenvalue weighted by Crippen LogP contribution is 2.06. The lowest BCUT2D eigenvalue weighted by molar-refractivity contribution is -0.118. The average Bonchev–Trinajstić information content (AvgIpc) is 2.20. The third-order valence-electron chi connectivity index (χ3n) is 2.05. The van der Waals surface area contributed by atoms with E-state index in [-0.39, 0.29) is 11.8 Å². The van der Waals surface area contributed by atoms with E-state index in [9.17, 15) is 9.59 Å². The van der Waals surface area contributed by atoms with E-state index in [1.54, 1.807) is 6.08 Å². The molecule has 96 valence electrons. The maximum absolute atomic E-state index is 10.8. The van der Waals surface area contributed by atoms with Gasteiger partial charge in [0.15, 0.2) is 0 Å². The summed E-state index contributed by atoms with van der Waals surface area (Å²) in [6.45, 7) is 7.78. The molecule has 0 aromatic heterocycles. The molecule has 0 aromatic carbocycles. The average molecular weight is 239 g/mol. The number of nitrogens with two attached hydrogens (primary N) is 1. The summed E-state index contributed by atoms with van der Waals surface area (Å²) in [5.41, 5.74) is 6.81. The van der Waals surface area contributed by atoms with Crippen LogP contribution in [0, 0.1) is 5.92 Å². The lowest BCUT2D eigenvalue weighted by atomic mass is 10.1. The van der Waals surface area contributed by atoms with Crippen molar-refractivity contribution in [3.63, 3.8) is 0 Å². The first-order valence-electron chi connectivity index (χ1n) is 5.51. The van der Waals surface area contributed by atoms with Crippen molar-refractivity contribution in [2.45, 2.75) is 27.7 Å². The Balaban J connectivity index is 4.54. The number of nitrogens with one attached hydrogen (secondary N) is 2. The molecule has 0 saturated heterocycles. The van der Waals surface area contributed by atoms with Gasteiger partial charge in [0, 0.05) is 19.2 Å². The Labute approximate surface area is 102 Å². The van der Waals surface area contributed by atoms with Crippen molar-refractivity contribution >= 4 is 11.9 Å². The molecule has 0 spiro atoms. The van der Waals surface area contributed by atoms with E-state index in [4.69, 9.17) is 5.73 Å². The van der Waals surface area contributed by atoms with Crippen LogP contribution in [0.1, 0.15) is 27.7 Å². The van der Waals surface area contributed by atoms with Crippen LogP contribution in [0.15, 0.2) is 23.4 Å². The first-order chi connectivity index (χ1) is 7.82. The number of carbonyl (C=O) groups excluding carboxylic acids is 2. The van der Waals surface area contributed by atoms with E-state index in [1.165, 1.54) is 6.92 Å². The van der Waals surface area contributed by atoms with Gasteiger partial charge in [-0.05, 0) is 18.9 Å². The second kappa shape index (κ2) is 7.49. The van der Waals surface area contributed by atoms with Crippen LogP contribution in [-0.2, 0) is 4.79 Å². The molecule has 0 heterocycles. The third kappa shape index (κ3) is 8.07. The Bertz CT molecular complexity index is 344. The SMILES string of the molecule is CC(=O)NC/C(C)=C/C=C(/NC(N)=O)C(C)C. The molecule has 3 amide bonds. The summed E-state index contributed by atoms with van der Waals surface area (Å²) >= 11 is 0. The number of urea groups is 1. The fourth-order valence-electron chi connectivity index (χ4n) is 1.08. The van der Waals surface area contributed by atoms with Crippen molar-refractivity contribution in [3.8, 4) is 0 Å². The number of hydrogen-bond donors (Lipinski definition) is 3. The lowest BCUT2D eigenvalue weighted by Gasteiger charge is -2.10. The van der Waals surface area contributed by atoms with E-state index in [0.29, 0.717) is 6.54 Å². The molecule has 5 nitrogen and oxygen atoms in total. The van der Waals surface area contributed by atoms with Gasteiger partial charge in [0.2, 0.25) is 5.91 Å². The Kier molecular flexibility index (Phi) is 6.70. The standard InChI is InChI=1S/C12H21N3O2/c1-8(2)11(15-12(13)17)6-5-9(3)7-14-10(4)16/h5-6,8H,7H2,1-4H3,(H,14,16)(H3,13,15,17)/b9-5+,11-6+. The molecule has 0 aromatic rings. The molecule has 4 N–H and O–H groups in total. The predicted molar refractivity (Wildman–Crippen MR) is 68.1 cm³/mol. The van der Waals surface area contributed by atoms with Gasteiger partial charge in [-0.25, -0.2) is 4.79 Å². The molecule has 0 aliphatic heterocycles. The first kappa shape index (κ1) is 15.2. The Morgan fingerprint density at radius 1 is 1.24 bits per heavy atom. The van der Waals surface area contributed by atoms with Crippen LogP contribution in [0.5, 0.6) is 0 Å². The fourth-order valence-corrected chi connectivity index (χ4v) is 1.08. The van der Waals surface area contributed by atoms with E-state index in [1.807, 2.05) is 26.8 Å². The smallest absolute Gasteiger partial charge is 0.316 e. The molecule has 0 unspecified atom stereocenters. The van der Waals surface area contributed by atoms with E-state index < -0.39 is 6.03 Å². The maximum atomic E-state index is 10.8. The van der Waals surface area contributed by atoms with Crippen molar-refractivity contribution in [2.24, 2.45) is 11.7 Å². The summed E-state index contributed by atoms with van der Waals surface area (Å²) in [6.07, 6.45) is 3.65. The topological polar surface area (TPSA) is 84.2 Å². The molecule has 0 aliphatic carbocycles. The molecular formula is C12H21N3O2. The second-order valence-corrected chi connectivity index (χ2v) is 4.19. The largest absolute Gasteiger partial charge is 0.353 e. The number of primary amides is 1. The third-order valence-corrected chi connectivity index (χ3v) is 2.05. The predicted octanol–water partition coefficient (Wildman–Crippen LogP) is 1.28. The van der Waals surface area contributed by atoms with Crippen molar-refractivity contribution in [3.05, 3.63) is 23.4 Å². The zero-order valence-electron chi connectivity index (χ0n) is 10.8. The highest BCUT2D eigenvalue weighted by Gasteiger charge is 2.03. The minimum Gasteiger partial charge on any atom is -0.353 e. The van der Waals surface area contributed by atoms with Gasteiger partial charge in [-0.15, -0.1) is 0 Å². The van der Waals surface area contributed by atoms with Gasteiger partial charge in [0.25, 0.3) is 0 Å². The molecule has 0 radical (unpaired) electrons. The van der Waals surface area contributed by atoms with Gasteiger partial charge in [-0.3, -0.25) is 4.79 Å². The molecule has 0 saturated carbocycles. The number of rotatable bonds is 5. The summed E-state index contributed by atoms with van der Waals surface area (Å²) in [4.78, 5) is 21.5. The molecule has 17 heavy (non-hydrogen) atoms. The molecule has 0 atom stereocenters. The maximum Gasteiger partial charge on any atom is 0.316 e. The van der Waals surface area contributed by atoms with Gasteiger partial charge in [-0.2, -0.15) is 0 Å². The number of allylic oxidation sites excluding steroid dienone is 3. The summed E-state index contributed by atoms with van der Waals surface area (Å²) in [5.74, 6) is 0.105. The van der Waals surface area contributed by atoms with Crippen LogP contribution in [0.3, 0.4) is 0 Å². The second-order valence-electron chi connectivity index (χ2n) is 4.19. The number of amides is 3. The van der Waals surface area contributed by atoms with Crippen LogP contribution >= 0.6 is 0 Å². The molecule has 0 aliphatic rings. The van der Waals surface area contributed by atoms with Crippen LogP contribution < -0.4 is 16.4 Å². The summed E-state index contributed by atoms with van der Waals surface area (Å²) in [7, 11) is 0. The minimum atomic E-state index is -0.571. The van der Waals surface area contributed by atoms with E-state index in [2.05, 4.69) is 10.6 Å². The van der Waals surface area contributed by atoms with Crippen molar-refractivity contribution < 1.29 is 9.59 Å². The van der Waals surface area contributed by atoms with E-state index >= 15 is 0 Å². The molecular weight excluding hydrogens is 218 g/mol. The zero-order chi connectivity index (χ0) is 13.4.